The average molecular weight is 559 g/mol. The van der Waals surface area contributed by atoms with Crippen LogP contribution in [-0.4, -0.2) is 22.5 Å². The highest BCUT2D eigenvalue weighted by Crippen LogP contribution is 2.52. The largest absolute Gasteiger partial charge is 0.481 e. The highest BCUT2D eigenvalue weighted by molar-refractivity contribution is 7.94. The maximum absolute atomic E-state index is 11.0. The first-order valence-corrected chi connectivity index (χ1v) is 14.0. The summed E-state index contributed by atoms with van der Waals surface area (Å²) in [6.45, 7) is 2.94. The minimum Gasteiger partial charge on any atom is -0.481 e. The molecule has 0 aromatic heterocycles. The van der Waals surface area contributed by atoms with Gasteiger partial charge in [0.2, 0.25) is 0 Å². The summed E-state index contributed by atoms with van der Waals surface area (Å²) >= 11 is 0.944. The highest BCUT2D eigenvalue weighted by atomic mass is 32.2. The van der Waals surface area contributed by atoms with Crippen LogP contribution in [0.15, 0.2) is 113 Å². The number of hydrogen-bond donors (Lipinski definition) is 2. The maximum Gasteiger partial charge on any atom is 0.303 e. The maximum atomic E-state index is 11.0. The number of aliphatic imine (C=N–C) groups is 1. The Morgan fingerprint density at radius 3 is 2.48 bits per heavy atom. The van der Waals surface area contributed by atoms with Crippen LogP contribution < -0.4 is 4.90 Å². The van der Waals surface area contributed by atoms with Crippen molar-refractivity contribution in [3.05, 3.63) is 114 Å². The van der Waals surface area contributed by atoms with Gasteiger partial charge < -0.3 is 10.0 Å². The Bertz CT molecular complexity index is 1340. The number of allylic oxidation sites excluding steroid dienone is 4. The lowest BCUT2D eigenvalue weighted by molar-refractivity contribution is -0.432. The summed E-state index contributed by atoms with van der Waals surface area (Å²) in [5.41, 5.74) is 5.13. The van der Waals surface area contributed by atoms with Crippen molar-refractivity contribution in [3.63, 3.8) is 0 Å². The third kappa shape index (κ3) is 7.70. The predicted octanol–water partition coefficient (Wildman–Crippen LogP) is 8.27. The van der Waals surface area contributed by atoms with Gasteiger partial charge in [-0.3, -0.25) is 9.79 Å². The van der Waals surface area contributed by atoms with E-state index in [1.807, 2.05) is 66.7 Å². The van der Waals surface area contributed by atoms with Crippen LogP contribution in [0, 0.1) is 0 Å². The monoisotopic (exact) mass is 558 g/mol. The Labute approximate surface area is 239 Å². The Morgan fingerprint density at radius 2 is 1.75 bits per heavy atom. The SMILES string of the molecule is C[C@]1(CCCCCC(=O)O)C(=CC=CC=Nc2ccccc2)N(Cc2ccccc2)c2ccc(SOOO)cc21. The van der Waals surface area contributed by atoms with Crippen LogP contribution in [0.2, 0.25) is 0 Å². The van der Waals surface area contributed by atoms with Gasteiger partial charge in [0.05, 0.1) is 17.7 Å². The van der Waals surface area contributed by atoms with Crippen LogP contribution in [0.25, 0.3) is 0 Å². The molecule has 2 N–H and O–H groups in total. The van der Waals surface area contributed by atoms with Gasteiger partial charge in [-0.2, -0.15) is 0 Å². The van der Waals surface area contributed by atoms with Crippen molar-refractivity contribution < 1.29 is 24.5 Å². The molecule has 0 saturated heterocycles. The molecule has 0 saturated carbocycles. The first-order valence-electron chi connectivity index (χ1n) is 13.3. The lowest BCUT2D eigenvalue weighted by Gasteiger charge is -2.30. The van der Waals surface area contributed by atoms with Crippen molar-refractivity contribution in [2.24, 2.45) is 4.99 Å². The van der Waals surface area contributed by atoms with E-state index in [9.17, 15) is 4.79 Å². The molecule has 0 amide bonds. The average Bonchev–Trinajstić information content (AvgIpc) is 3.19. The Balaban J connectivity index is 1.69. The van der Waals surface area contributed by atoms with Gasteiger partial charge in [-0.25, -0.2) is 5.26 Å². The first kappa shape index (κ1) is 29.3. The smallest absolute Gasteiger partial charge is 0.303 e. The van der Waals surface area contributed by atoms with Crippen molar-refractivity contribution >= 4 is 35.6 Å². The van der Waals surface area contributed by atoms with E-state index in [4.69, 9.17) is 14.7 Å². The molecule has 0 aliphatic carbocycles. The van der Waals surface area contributed by atoms with Crippen LogP contribution in [0.4, 0.5) is 11.4 Å². The molecule has 3 aromatic rings. The van der Waals surface area contributed by atoms with E-state index in [1.165, 1.54) is 5.56 Å². The molecule has 208 valence electrons. The number of carboxylic acids is 1. The lowest BCUT2D eigenvalue weighted by Crippen LogP contribution is -2.28. The quantitative estimate of drug-likeness (QED) is 0.0676. The summed E-state index contributed by atoms with van der Waals surface area (Å²) in [5.74, 6) is -0.762. The van der Waals surface area contributed by atoms with Gasteiger partial charge in [-0.05, 0) is 73.4 Å². The minimum atomic E-state index is -0.762. The van der Waals surface area contributed by atoms with Gasteiger partial charge in [-0.15, -0.1) is 4.33 Å². The van der Waals surface area contributed by atoms with Gasteiger partial charge in [0.15, 0.2) is 0 Å². The van der Waals surface area contributed by atoms with E-state index < -0.39 is 5.97 Å². The third-order valence-corrected chi connectivity index (χ3v) is 7.63. The van der Waals surface area contributed by atoms with Gasteiger partial charge in [0, 0.05) is 40.9 Å². The summed E-state index contributed by atoms with van der Waals surface area (Å²) in [5, 5.41) is 21.6. The number of carbonyl (C=O) groups is 1. The molecule has 7 nitrogen and oxygen atoms in total. The molecule has 1 heterocycles. The fourth-order valence-electron chi connectivity index (χ4n) is 5.11. The normalized spacial score (nSPS) is 17.8. The van der Waals surface area contributed by atoms with Gasteiger partial charge >= 0.3 is 5.97 Å². The number of aliphatic carboxylic acids is 1. The molecular weight excluding hydrogens is 524 g/mol. The summed E-state index contributed by atoms with van der Waals surface area (Å²) in [6.07, 6.45) is 11.3. The molecule has 4 rings (SSSR count). The number of benzene rings is 3. The van der Waals surface area contributed by atoms with Gasteiger partial charge in [0.1, 0.15) is 0 Å². The summed E-state index contributed by atoms with van der Waals surface area (Å²) in [7, 11) is 0. The zero-order valence-corrected chi connectivity index (χ0v) is 23.3. The number of anilines is 1. The minimum absolute atomic E-state index is 0.179. The van der Waals surface area contributed by atoms with E-state index in [0.717, 1.165) is 58.8 Å². The van der Waals surface area contributed by atoms with Crippen molar-refractivity contribution in [1.29, 1.82) is 0 Å². The summed E-state index contributed by atoms with van der Waals surface area (Å²) in [4.78, 5) is 18.7. The second-order valence-electron chi connectivity index (χ2n) is 9.81. The fourth-order valence-corrected chi connectivity index (χ4v) is 5.51. The third-order valence-electron chi connectivity index (χ3n) is 7.05. The van der Waals surface area contributed by atoms with Crippen LogP contribution >= 0.6 is 12.0 Å². The number of unbranched alkanes of at least 4 members (excludes halogenated alkanes) is 2. The number of nitrogens with zero attached hydrogens (tertiary/aromatic N) is 2. The first-order chi connectivity index (χ1) is 19.5. The van der Waals surface area contributed by atoms with Crippen molar-refractivity contribution in [1.82, 2.24) is 0 Å². The van der Waals surface area contributed by atoms with E-state index in [2.05, 4.69) is 52.2 Å². The Kier molecular flexibility index (Phi) is 10.7. The molecule has 0 radical (unpaired) electrons. The Hall–Kier alpha value is -3.69. The molecule has 0 spiro atoms. The zero-order chi connectivity index (χ0) is 28.2. The molecule has 1 atom stereocenters. The molecule has 0 unspecified atom stereocenters. The number of carboxylic acid groups (broad SMARTS) is 1. The van der Waals surface area contributed by atoms with Crippen LogP contribution in [0.3, 0.4) is 0 Å². The molecule has 8 heteroatoms. The highest BCUT2D eigenvalue weighted by Gasteiger charge is 2.43. The van der Waals surface area contributed by atoms with E-state index in [1.54, 1.807) is 6.21 Å². The van der Waals surface area contributed by atoms with Crippen LogP contribution in [0.1, 0.15) is 50.2 Å². The molecule has 1 aliphatic rings. The second kappa shape index (κ2) is 14.6. The van der Waals surface area contributed by atoms with E-state index in [-0.39, 0.29) is 11.8 Å². The number of para-hydroxylation sites is 1. The van der Waals surface area contributed by atoms with Crippen LogP contribution in [-0.2, 0) is 26.1 Å². The summed E-state index contributed by atoms with van der Waals surface area (Å²) in [6, 6.07) is 26.3. The molecule has 1 aliphatic heterocycles. The zero-order valence-electron chi connectivity index (χ0n) is 22.5. The molecular formula is C32H34N2O5S. The van der Waals surface area contributed by atoms with E-state index >= 15 is 0 Å². The topological polar surface area (TPSA) is 91.6 Å². The van der Waals surface area contributed by atoms with E-state index in [0.29, 0.717) is 13.0 Å². The van der Waals surface area contributed by atoms with Gasteiger partial charge in [-0.1, -0.05) is 72.5 Å². The van der Waals surface area contributed by atoms with Gasteiger partial charge in [0.25, 0.3) is 0 Å². The summed E-state index contributed by atoms with van der Waals surface area (Å²) < 4.78 is 4.72. The standard InChI is InChI=1S/C32H34N2O5S/c1-32(21-11-4-9-18-31(35)36)28-23-27(40-39-38-37)19-20-29(28)34(24-25-13-5-2-6-14-25)30(32)17-10-12-22-33-26-15-7-3-8-16-26/h2-3,5-8,10,12-17,19-20,22-23,37H,4,9,11,18,21,24H2,1H3,(H,35,36)/t32-/m1/s1. The number of fused-ring (bicyclic) bond motifs is 1. The number of hydrogen-bond acceptors (Lipinski definition) is 7. The van der Waals surface area contributed by atoms with Crippen molar-refractivity contribution in [3.8, 4) is 0 Å². The number of rotatable bonds is 14. The fraction of sp³-hybridized carbons (Fsp3) is 0.250. The lowest BCUT2D eigenvalue weighted by atomic mass is 9.77. The predicted molar refractivity (Wildman–Crippen MR) is 160 cm³/mol. The molecule has 3 aromatic carbocycles. The van der Waals surface area contributed by atoms with Crippen LogP contribution in [0.5, 0.6) is 0 Å². The Morgan fingerprint density at radius 1 is 1.00 bits per heavy atom. The molecule has 40 heavy (non-hydrogen) atoms. The molecule has 0 bridgehead atoms. The second-order valence-corrected chi connectivity index (χ2v) is 10.6. The molecule has 0 fully saturated rings. The van der Waals surface area contributed by atoms with Crippen molar-refractivity contribution in [2.45, 2.75) is 55.9 Å². The van der Waals surface area contributed by atoms with Crippen molar-refractivity contribution in [2.75, 3.05) is 4.90 Å².